The van der Waals surface area contributed by atoms with Gasteiger partial charge in [0, 0.05) is 50.7 Å². The summed E-state index contributed by atoms with van der Waals surface area (Å²) >= 11 is 6.63. The molecule has 0 spiro atoms. The van der Waals surface area contributed by atoms with Gasteiger partial charge in [0.25, 0.3) is 5.56 Å². The fourth-order valence-corrected chi connectivity index (χ4v) is 4.47. The van der Waals surface area contributed by atoms with Crippen molar-refractivity contribution in [2.75, 3.05) is 18.0 Å². The van der Waals surface area contributed by atoms with Crippen LogP contribution in [0.1, 0.15) is 30.2 Å². The van der Waals surface area contributed by atoms with E-state index in [1.165, 1.54) is 0 Å². The van der Waals surface area contributed by atoms with Crippen LogP contribution in [0.25, 0.3) is 5.69 Å². The number of imidazole rings is 1. The van der Waals surface area contributed by atoms with E-state index in [0.29, 0.717) is 16.8 Å². The van der Waals surface area contributed by atoms with Gasteiger partial charge in [-0.15, -0.1) is 0 Å². The van der Waals surface area contributed by atoms with E-state index < -0.39 is 0 Å². The summed E-state index contributed by atoms with van der Waals surface area (Å²) in [6.45, 7) is 5.60. The number of nitrogens with zero attached hydrogens (tertiary/aromatic N) is 5. The van der Waals surface area contributed by atoms with Crippen molar-refractivity contribution >= 4 is 17.3 Å². The summed E-state index contributed by atoms with van der Waals surface area (Å²) in [5, 5.41) is 0.664. The molecule has 0 saturated carbocycles. The molecule has 3 heterocycles. The average Bonchev–Trinajstić information content (AvgIpc) is 3.06. The molecule has 6 nitrogen and oxygen atoms in total. The Morgan fingerprint density at radius 2 is 1.93 bits per heavy atom. The first-order valence-corrected chi connectivity index (χ1v) is 10.4. The van der Waals surface area contributed by atoms with Crippen LogP contribution in [0.5, 0.6) is 0 Å². The SMILES string of the molecule is Cc1cc(=O)n(-c2ccc(N3CCC(Cc4nccn4C)CC3)c(Cl)c2)c(C)n1. The quantitative estimate of drug-likeness (QED) is 0.657. The molecule has 29 heavy (non-hydrogen) atoms. The molecule has 0 N–H and O–H groups in total. The first-order valence-electron chi connectivity index (χ1n) is 10.0. The van der Waals surface area contributed by atoms with Crippen molar-refractivity contribution in [1.29, 1.82) is 0 Å². The Morgan fingerprint density at radius 1 is 1.17 bits per heavy atom. The van der Waals surface area contributed by atoms with Crippen molar-refractivity contribution in [3.8, 4) is 5.69 Å². The minimum atomic E-state index is -0.0890. The second kappa shape index (κ2) is 8.03. The molecule has 2 aromatic heterocycles. The van der Waals surface area contributed by atoms with Gasteiger partial charge in [-0.25, -0.2) is 9.97 Å². The highest BCUT2D eigenvalue weighted by molar-refractivity contribution is 6.33. The monoisotopic (exact) mass is 411 g/mol. The van der Waals surface area contributed by atoms with E-state index in [0.717, 1.165) is 55.2 Å². The molecule has 1 aromatic carbocycles. The van der Waals surface area contributed by atoms with Crippen LogP contribution in [0.2, 0.25) is 5.02 Å². The third-order valence-corrected chi connectivity index (χ3v) is 6.05. The zero-order chi connectivity index (χ0) is 20.5. The second-order valence-electron chi connectivity index (χ2n) is 7.84. The van der Waals surface area contributed by atoms with Gasteiger partial charge in [0.05, 0.1) is 16.4 Å². The van der Waals surface area contributed by atoms with E-state index in [9.17, 15) is 4.79 Å². The lowest BCUT2D eigenvalue weighted by Gasteiger charge is -2.34. The van der Waals surface area contributed by atoms with Crippen LogP contribution in [-0.2, 0) is 13.5 Å². The summed E-state index contributed by atoms with van der Waals surface area (Å²) in [6.07, 6.45) is 7.12. The Balaban J connectivity index is 1.48. The largest absolute Gasteiger partial charge is 0.370 e. The van der Waals surface area contributed by atoms with Crippen molar-refractivity contribution in [3.63, 3.8) is 0 Å². The highest BCUT2D eigenvalue weighted by atomic mass is 35.5. The lowest BCUT2D eigenvalue weighted by molar-refractivity contribution is 0.393. The summed E-state index contributed by atoms with van der Waals surface area (Å²) in [7, 11) is 2.05. The molecule has 1 fully saturated rings. The Labute approximate surface area is 175 Å². The Bertz CT molecular complexity index is 1080. The minimum absolute atomic E-state index is 0.0890. The van der Waals surface area contributed by atoms with Gasteiger partial charge in [0.1, 0.15) is 11.6 Å². The van der Waals surface area contributed by atoms with Crippen LogP contribution in [0.3, 0.4) is 0 Å². The number of aromatic nitrogens is 4. The third-order valence-electron chi connectivity index (χ3n) is 5.75. The van der Waals surface area contributed by atoms with E-state index in [-0.39, 0.29) is 5.56 Å². The summed E-state index contributed by atoms with van der Waals surface area (Å²) in [4.78, 5) is 23.6. The highest BCUT2D eigenvalue weighted by Gasteiger charge is 2.22. The fourth-order valence-electron chi connectivity index (χ4n) is 4.18. The number of piperidine rings is 1. The molecule has 4 rings (SSSR count). The first-order chi connectivity index (χ1) is 13.9. The van der Waals surface area contributed by atoms with Crippen molar-refractivity contribution < 1.29 is 0 Å². The van der Waals surface area contributed by atoms with E-state index in [1.807, 2.05) is 44.4 Å². The lowest BCUT2D eigenvalue weighted by Crippen LogP contribution is -2.34. The van der Waals surface area contributed by atoms with Crippen molar-refractivity contribution in [1.82, 2.24) is 19.1 Å². The molecule has 1 saturated heterocycles. The van der Waals surface area contributed by atoms with Crippen molar-refractivity contribution in [3.05, 3.63) is 69.4 Å². The molecule has 1 aliphatic heterocycles. The summed E-state index contributed by atoms with van der Waals surface area (Å²) < 4.78 is 3.70. The summed E-state index contributed by atoms with van der Waals surface area (Å²) in [5.74, 6) is 2.46. The fraction of sp³-hybridized carbons (Fsp3) is 0.409. The Hall–Kier alpha value is -2.60. The number of hydrogen-bond acceptors (Lipinski definition) is 4. The smallest absolute Gasteiger partial charge is 0.258 e. The molecular formula is C22H26ClN5O. The molecule has 0 bridgehead atoms. The average molecular weight is 412 g/mol. The van der Waals surface area contributed by atoms with Gasteiger partial charge in [0.2, 0.25) is 0 Å². The molecule has 0 amide bonds. The molecule has 7 heteroatoms. The molecule has 0 radical (unpaired) electrons. The second-order valence-corrected chi connectivity index (χ2v) is 8.25. The number of hydrogen-bond donors (Lipinski definition) is 0. The molecule has 0 atom stereocenters. The van der Waals surface area contributed by atoms with Crippen LogP contribution < -0.4 is 10.5 Å². The predicted molar refractivity (Wildman–Crippen MR) is 116 cm³/mol. The van der Waals surface area contributed by atoms with Crippen molar-refractivity contribution in [2.24, 2.45) is 13.0 Å². The topological polar surface area (TPSA) is 56.0 Å². The van der Waals surface area contributed by atoms with Crippen LogP contribution in [0.15, 0.2) is 41.5 Å². The maximum atomic E-state index is 12.4. The number of anilines is 1. The summed E-state index contributed by atoms with van der Waals surface area (Å²) in [5.41, 5.74) is 2.41. The number of aryl methyl sites for hydroxylation is 3. The zero-order valence-corrected chi connectivity index (χ0v) is 17.9. The third kappa shape index (κ3) is 4.08. The van der Waals surface area contributed by atoms with Gasteiger partial charge in [0.15, 0.2) is 0 Å². The van der Waals surface area contributed by atoms with E-state index in [2.05, 4.69) is 26.5 Å². The molecule has 0 unspecified atom stereocenters. The molecule has 0 aliphatic carbocycles. The molecular weight excluding hydrogens is 386 g/mol. The van der Waals surface area contributed by atoms with Gasteiger partial charge in [-0.1, -0.05) is 11.6 Å². The van der Waals surface area contributed by atoms with Gasteiger partial charge < -0.3 is 9.47 Å². The Morgan fingerprint density at radius 3 is 2.55 bits per heavy atom. The number of rotatable bonds is 4. The Kier molecular flexibility index (Phi) is 5.46. The summed E-state index contributed by atoms with van der Waals surface area (Å²) in [6, 6.07) is 7.37. The van der Waals surface area contributed by atoms with Crippen LogP contribution >= 0.6 is 11.6 Å². The maximum Gasteiger partial charge on any atom is 0.258 e. The molecule has 152 valence electrons. The van der Waals surface area contributed by atoms with Crippen LogP contribution in [0, 0.1) is 19.8 Å². The standard InChI is InChI=1S/C22H26ClN5O/c1-15-12-22(29)28(16(2)25-15)18-4-5-20(19(23)14-18)27-9-6-17(7-10-27)13-21-24-8-11-26(21)3/h4-5,8,11-12,14,17H,6-7,9-10,13H2,1-3H3. The van der Waals surface area contributed by atoms with Gasteiger partial charge >= 0.3 is 0 Å². The number of benzene rings is 1. The molecule has 3 aromatic rings. The van der Waals surface area contributed by atoms with Crippen molar-refractivity contribution in [2.45, 2.75) is 33.1 Å². The number of halogens is 1. The van der Waals surface area contributed by atoms with E-state index in [4.69, 9.17) is 11.6 Å². The molecule has 1 aliphatic rings. The maximum absolute atomic E-state index is 12.4. The van der Waals surface area contributed by atoms with Gasteiger partial charge in [-0.2, -0.15) is 0 Å². The van der Waals surface area contributed by atoms with E-state index in [1.54, 1.807) is 10.6 Å². The van der Waals surface area contributed by atoms with Crippen LogP contribution in [-0.4, -0.2) is 32.2 Å². The van der Waals surface area contributed by atoms with Crippen LogP contribution in [0.4, 0.5) is 5.69 Å². The zero-order valence-electron chi connectivity index (χ0n) is 17.1. The minimum Gasteiger partial charge on any atom is -0.370 e. The predicted octanol–water partition coefficient (Wildman–Crippen LogP) is 3.70. The highest BCUT2D eigenvalue weighted by Crippen LogP contribution is 2.32. The van der Waals surface area contributed by atoms with Gasteiger partial charge in [-0.3, -0.25) is 9.36 Å². The normalized spacial score (nSPS) is 15.1. The van der Waals surface area contributed by atoms with E-state index >= 15 is 0 Å². The first kappa shape index (κ1) is 19.7. The lowest BCUT2D eigenvalue weighted by atomic mass is 9.93. The van der Waals surface area contributed by atoms with Gasteiger partial charge in [-0.05, 0) is 50.8 Å².